The van der Waals surface area contributed by atoms with Crippen molar-refractivity contribution in [1.82, 2.24) is 5.32 Å². The molecule has 4 unspecified atom stereocenters. The van der Waals surface area contributed by atoms with Crippen LogP contribution in [0.5, 0.6) is 0 Å². The normalized spacial score (nSPS) is 27.4. The molecule has 2 nitrogen and oxygen atoms in total. The Morgan fingerprint density at radius 1 is 1.14 bits per heavy atom. The summed E-state index contributed by atoms with van der Waals surface area (Å²) in [5.41, 5.74) is 1.39. The summed E-state index contributed by atoms with van der Waals surface area (Å²) >= 11 is 1.61. The Morgan fingerprint density at radius 2 is 1.95 bits per heavy atom. The minimum absolute atomic E-state index is 0.201. The lowest BCUT2D eigenvalue weighted by atomic mass is 9.81. The van der Waals surface area contributed by atoms with E-state index in [9.17, 15) is 4.21 Å². The zero-order valence-corrected chi connectivity index (χ0v) is 13.8. The molecular formula is C17H21NOS2. The number of thiophene rings is 1. The summed E-state index contributed by atoms with van der Waals surface area (Å²) in [6.45, 7) is 0. The van der Waals surface area contributed by atoms with Crippen molar-refractivity contribution >= 4 is 22.1 Å². The molecule has 0 radical (unpaired) electrons. The van der Waals surface area contributed by atoms with Gasteiger partial charge in [0, 0.05) is 6.04 Å². The van der Waals surface area contributed by atoms with Gasteiger partial charge in [-0.05, 0) is 49.2 Å². The average molecular weight is 319 g/mol. The van der Waals surface area contributed by atoms with E-state index in [-0.39, 0.29) is 5.25 Å². The Labute approximate surface area is 133 Å². The maximum absolute atomic E-state index is 12.9. The maximum atomic E-state index is 12.9. The minimum Gasteiger partial charge on any atom is -0.316 e. The van der Waals surface area contributed by atoms with Crippen LogP contribution in [-0.4, -0.2) is 22.5 Å². The van der Waals surface area contributed by atoms with Gasteiger partial charge >= 0.3 is 0 Å². The van der Waals surface area contributed by atoms with E-state index in [0.717, 1.165) is 17.1 Å². The van der Waals surface area contributed by atoms with Gasteiger partial charge in [0.25, 0.3) is 0 Å². The van der Waals surface area contributed by atoms with Gasteiger partial charge in [0.2, 0.25) is 0 Å². The van der Waals surface area contributed by atoms with E-state index in [1.165, 1.54) is 12.0 Å². The Balaban J connectivity index is 1.81. The topological polar surface area (TPSA) is 29.1 Å². The summed E-state index contributed by atoms with van der Waals surface area (Å²) in [6, 6.07) is 15.0. The summed E-state index contributed by atoms with van der Waals surface area (Å²) in [5.74, 6) is 0.532. The van der Waals surface area contributed by atoms with Crippen molar-refractivity contribution < 1.29 is 4.21 Å². The Kier molecular flexibility index (Phi) is 4.88. The first-order valence-electron chi connectivity index (χ1n) is 7.46. The Bertz CT molecular complexity index is 582. The molecule has 0 bridgehead atoms. The van der Waals surface area contributed by atoms with E-state index < -0.39 is 10.8 Å². The molecule has 1 saturated carbocycles. The van der Waals surface area contributed by atoms with Crippen LogP contribution in [0.2, 0.25) is 0 Å². The van der Waals surface area contributed by atoms with Crippen LogP contribution in [-0.2, 0) is 10.8 Å². The van der Waals surface area contributed by atoms with Gasteiger partial charge in [-0.1, -0.05) is 36.4 Å². The first-order chi connectivity index (χ1) is 10.3. The summed E-state index contributed by atoms with van der Waals surface area (Å²) < 4.78 is 13.9. The molecule has 1 aliphatic carbocycles. The maximum Gasteiger partial charge on any atom is 0.0914 e. The lowest BCUT2D eigenvalue weighted by Gasteiger charge is -2.35. The monoisotopic (exact) mass is 319 g/mol. The second kappa shape index (κ2) is 6.86. The zero-order chi connectivity index (χ0) is 14.7. The minimum atomic E-state index is -0.907. The number of nitrogens with one attached hydrogen (secondary N) is 1. The van der Waals surface area contributed by atoms with Gasteiger partial charge in [-0.3, -0.25) is 4.21 Å². The van der Waals surface area contributed by atoms with E-state index in [1.54, 1.807) is 11.3 Å². The average Bonchev–Trinajstić information content (AvgIpc) is 3.09. The van der Waals surface area contributed by atoms with Crippen molar-refractivity contribution in [1.29, 1.82) is 0 Å². The van der Waals surface area contributed by atoms with Crippen LogP contribution in [0.25, 0.3) is 0 Å². The van der Waals surface area contributed by atoms with Crippen LogP contribution in [0.1, 0.15) is 30.7 Å². The molecule has 0 aliphatic heterocycles. The van der Waals surface area contributed by atoms with E-state index in [1.807, 2.05) is 24.6 Å². The third-order valence-corrected chi connectivity index (χ3v) is 7.45. The molecule has 1 N–H and O–H groups in total. The highest BCUT2D eigenvalue weighted by molar-refractivity contribution is 7.88. The lowest BCUT2D eigenvalue weighted by molar-refractivity contribution is 0.364. The van der Waals surface area contributed by atoms with Crippen LogP contribution >= 0.6 is 11.3 Å². The van der Waals surface area contributed by atoms with Crippen molar-refractivity contribution in [2.75, 3.05) is 7.05 Å². The molecule has 112 valence electrons. The second-order valence-electron chi connectivity index (χ2n) is 5.58. The van der Waals surface area contributed by atoms with Gasteiger partial charge in [-0.15, -0.1) is 11.3 Å². The number of hydrogen-bond acceptors (Lipinski definition) is 3. The molecule has 0 amide bonds. The number of rotatable bonds is 4. The number of hydrogen-bond donors (Lipinski definition) is 1. The quantitative estimate of drug-likeness (QED) is 0.929. The van der Waals surface area contributed by atoms with Crippen molar-refractivity contribution in [3.05, 3.63) is 53.4 Å². The zero-order valence-electron chi connectivity index (χ0n) is 12.2. The Morgan fingerprint density at radius 3 is 2.62 bits per heavy atom. The van der Waals surface area contributed by atoms with Gasteiger partial charge in [0.1, 0.15) is 0 Å². The van der Waals surface area contributed by atoms with E-state index >= 15 is 0 Å². The molecule has 1 heterocycles. The van der Waals surface area contributed by atoms with Crippen molar-refractivity contribution in [2.24, 2.45) is 0 Å². The van der Waals surface area contributed by atoms with E-state index in [4.69, 9.17) is 0 Å². The summed E-state index contributed by atoms with van der Waals surface area (Å²) in [7, 11) is 1.09. The van der Waals surface area contributed by atoms with E-state index in [0.29, 0.717) is 12.0 Å². The predicted molar refractivity (Wildman–Crippen MR) is 90.4 cm³/mol. The summed E-state index contributed by atoms with van der Waals surface area (Å²) in [5, 5.41) is 5.59. The molecule has 4 atom stereocenters. The fourth-order valence-corrected chi connectivity index (χ4v) is 6.11. The molecule has 1 aromatic heterocycles. The predicted octanol–water partition coefficient (Wildman–Crippen LogP) is 3.78. The third kappa shape index (κ3) is 3.28. The smallest absolute Gasteiger partial charge is 0.0914 e. The molecular weight excluding hydrogens is 298 g/mol. The van der Waals surface area contributed by atoms with Gasteiger partial charge < -0.3 is 5.32 Å². The molecule has 1 aliphatic rings. The van der Waals surface area contributed by atoms with Crippen molar-refractivity contribution in [3.8, 4) is 0 Å². The van der Waals surface area contributed by atoms with Crippen molar-refractivity contribution in [2.45, 2.75) is 40.7 Å². The van der Waals surface area contributed by atoms with Crippen LogP contribution in [0.4, 0.5) is 0 Å². The van der Waals surface area contributed by atoms with Crippen LogP contribution in [0, 0.1) is 0 Å². The molecule has 1 aromatic carbocycles. The standard InChI is InChI=1S/C17H21NOS2/c1-18-15-10-9-14(13-6-3-2-4-7-13)12-16(15)21(19)17-8-5-11-20-17/h2-8,11,14-16,18H,9-10,12H2,1H3. The largest absolute Gasteiger partial charge is 0.316 e. The fourth-order valence-electron chi connectivity index (χ4n) is 3.25. The lowest BCUT2D eigenvalue weighted by Crippen LogP contribution is -2.44. The highest BCUT2D eigenvalue weighted by Crippen LogP contribution is 2.37. The van der Waals surface area contributed by atoms with Crippen LogP contribution in [0.15, 0.2) is 52.1 Å². The fraction of sp³-hybridized carbons (Fsp3) is 0.412. The molecule has 1 fully saturated rings. The van der Waals surface area contributed by atoms with E-state index in [2.05, 4.69) is 35.6 Å². The molecule has 0 spiro atoms. The highest BCUT2D eigenvalue weighted by Gasteiger charge is 2.35. The van der Waals surface area contributed by atoms with Gasteiger partial charge in [-0.2, -0.15) is 0 Å². The number of benzene rings is 1. The molecule has 4 heteroatoms. The van der Waals surface area contributed by atoms with Gasteiger partial charge in [0.15, 0.2) is 0 Å². The summed E-state index contributed by atoms with van der Waals surface area (Å²) in [4.78, 5) is 0. The van der Waals surface area contributed by atoms with Crippen LogP contribution < -0.4 is 5.32 Å². The van der Waals surface area contributed by atoms with Crippen LogP contribution in [0.3, 0.4) is 0 Å². The summed E-state index contributed by atoms with van der Waals surface area (Å²) in [6.07, 6.45) is 3.27. The molecule has 21 heavy (non-hydrogen) atoms. The molecule has 3 rings (SSSR count). The van der Waals surface area contributed by atoms with Crippen molar-refractivity contribution in [3.63, 3.8) is 0 Å². The molecule has 0 saturated heterocycles. The highest BCUT2D eigenvalue weighted by atomic mass is 32.2. The van der Waals surface area contributed by atoms with Gasteiger partial charge in [0.05, 0.1) is 20.3 Å². The second-order valence-corrected chi connectivity index (χ2v) is 8.43. The molecule has 2 aromatic rings. The Hall–Kier alpha value is -0.970. The van der Waals surface area contributed by atoms with Gasteiger partial charge in [-0.25, -0.2) is 0 Å². The first kappa shape index (κ1) is 14.9. The SMILES string of the molecule is CNC1CCC(c2ccccc2)CC1S(=O)c1cccs1. The third-order valence-electron chi connectivity index (χ3n) is 4.40. The first-order valence-corrected chi connectivity index (χ1v) is 9.55.